The van der Waals surface area contributed by atoms with Gasteiger partial charge in [0.25, 0.3) is 0 Å². The van der Waals surface area contributed by atoms with E-state index < -0.39 is 0 Å². The first-order valence-electron chi connectivity index (χ1n) is 6.10. The molecule has 0 aromatic carbocycles. The summed E-state index contributed by atoms with van der Waals surface area (Å²) in [6.07, 6.45) is 5.86. The van der Waals surface area contributed by atoms with E-state index in [1.807, 2.05) is 0 Å². The Labute approximate surface area is 92.1 Å². The van der Waals surface area contributed by atoms with Crippen LogP contribution in [0.15, 0.2) is 6.20 Å². The zero-order valence-electron chi connectivity index (χ0n) is 9.87. The monoisotopic (exact) mass is 207 g/mol. The summed E-state index contributed by atoms with van der Waals surface area (Å²) in [5.41, 5.74) is 1.24. The average molecular weight is 207 g/mol. The standard InChI is InChI=1S/C12H21N3/c1-3-5-6-14-7-8-15-9-11(4-2)13-12(15)10-14/h9H,3-8,10H2,1-2H3. The summed E-state index contributed by atoms with van der Waals surface area (Å²) in [5.74, 6) is 1.26. The molecule has 0 saturated heterocycles. The molecule has 0 aliphatic carbocycles. The fraction of sp³-hybridized carbons (Fsp3) is 0.750. The third-order valence-electron chi connectivity index (χ3n) is 3.12. The van der Waals surface area contributed by atoms with Crippen LogP contribution < -0.4 is 0 Å². The van der Waals surface area contributed by atoms with Gasteiger partial charge >= 0.3 is 0 Å². The summed E-state index contributed by atoms with van der Waals surface area (Å²) in [6.45, 7) is 8.99. The van der Waals surface area contributed by atoms with Crippen molar-refractivity contribution in [2.45, 2.75) is 46.2 Å². The van der Waals surface area contributed by atoms with Crippen LogP contribution in [0.25, 0.3) is 0 Å². The van der Waals surface area contributed by atoms with Gasteiger partial charge in [-0.05, 0) is 19.4 Å². The van der Waals surface area contributed by atoms with E-state index in [1.54, 1.807) is 0 Å². The second kappa shape index (κ2) is 4.79. The highest BCUT2D eigenvalue weighted by Crippen LogP contribution is 2.13. The molecule has 0 N–H and O–H groups in total. The van der Waals surface area contributed by atoms with Crippen LogP contribution in [-0.2, 0) is 19.5 Å². The molecule has 0 atom stereocenters. The molecule has 0 radical (unpaired) electrons. The Morgan fingerprint density at radius 2 is 2.20 bits per heavy atom. The molecule has 1 aromatic heterocycles. The molecule has 0 spiro atoms. The molecule has 1 aromatic rings. The Hall–Kier alpha value is -0.830. The van der Waals surface area contributed by atoms with Crippen molar-refractivity contribution in [1.82, 2.24) is 14.5 Å². The third kappa shape index (κ3) is 2.40. The van der Waals surface area contributed by atoms with Crippen LogP contribution in [0.5, 0.6) is 0 Å². The predicted octanol–water partition coefficient (Wildman–Crippen LogP) is 2.06. The van der Waals surface area contributed by atoms with E-state index in [-0.39, 0.29) is 0 Å². The Morgan fingerprint density at radius 3 is 2.93 bits per heavy atom. The second-order valence-electron chi connectivity index (χ2n) is 4.33. The van der Waals surface area contributed by atoms with Crippen LogP contribution in [0.1, 0.15) is 38.2 Å². The van der Waals surface area contributed by atoms with Crippen molar-refractivity contribution in [3.8, 4) is 0 Å². The second-order valence-corrected chi connectivity index (χ2v) is 4.33. The fourth-order valence-electron chi connectivity index (χ4n) is 2.10. The number of aryl methyl sites for hydroxylation is 1. The molecule has 15 heavy (non-hydrogen) atoms. The van der Waals surface area contributed by atoms with E-state index in [0.717, 1.165) is 19.5 Å². The number of hydrogen-bond acceptors (Lipinski definition) is 2. The largest absolute Gasteiger partial charge is 0.332 e. The Kier molecular flexibility index (Phi) is 3.41. The highest BCUT2D eigenvalue weighted by Gasteiger charge is 2.17. The van der Waals surface area contributed by atoms with E-state index >= 15 is 0 Å². The maximum atomic E-state index is 4.65. The minimum absolute atomic E-state index is 1.04. The number of hydrogen-bond donors (Lipinski definition) is 0. The third-order valence-corrected chi connectivity index (χ3v) is 3.12. The van der Waals surface area contributed by atoms with Crippen molar-refractivity contribution in [3.63, 3.8) is 0 Å². The Bertz CT molecular complexity index is 317. The normalized spacial score (nSPS) is 16.7. The van der Waals surface area contributed by atoms with Crippen molar-refractivity contribution >= 4 is 0 Å². The molecule has 3 heteroatoms. The van der Waals surface area contributed by atoms with Crippen molar-refractivity contribution in [3.05, 3.63) is 17.7 Å². The van der Waals surface area contributed by atoms with Gasteiger partial charge < -0.3 is 4.57 Å². The van der Waals surface area contributed by atoms with E-state index in [1.165, 1.54) is 37.4 Å². The maximum Gasteiger partial charge on any atom is 0.123 e. The first kappa shape index (κ1) is 10.7. The lowest BCUT2D eigenvalue weighted by molar-refractivity contribution is 0.214. The van der Waals surface area contributed by atoms with E-state index in [0.29, 0.717) is 0 Å². The number of rotatable bonds is 4. The van der Waals surface area contributed by atoms with Gasteiger partial charge in [-0.25, -0.2) is 4.98 Å². The number of fused-ring (bicyclic) bond motifs is 1. The Morgan fingerprint density at radius 1 is 1.33 bits per heavy atom. The van der Waals surface area contributed by atoms with Crippen LogP contribution in [0.4, 0.5) is 0 Å². The molecular weight excluding hydrogens is 186 g/mol. The summed E-state index contributed by atoms with van der Waals surface area (Å²) in [5, 5.41) is 0. The topological polar surface area (TPSA) is 21.1 Å². The van der Waals surface area contributed by atoms with E-state index in [2.05, 4.69) is 34.5 Å². The molecule has 0 saturated carbocycles. The lowest BCUT2D eigenvalue weighted by atomic mass is 10.3. The number of aromatic nitrogens is 2. The molecule has 84 valence electrons. The average Bonchev–Trinajstić information content (AvgIpc) is 2.68. The zero-order valence-corrected chi connectivity index (χ0v) is 9.87. The van der Waals surface area contributed by atoms with Gasteiger partial charge in [-0.15, -0.1) is 0 Å². The lowest BCUT2D eigenvalue weighted by Gasteiger charge is -2.27. The van der Waals surface area contributed by atoms with E-state index in [4.69, 9.17) is 0 Å². The minimum Gasteiger partial charge on any atom is -0.332 e. The Balaban J connectivity index is 1.99. The molecule has 1 aliphatic heterocycles. The van der Waals surface area contributed by atoms with Crippen LogP contribution in [0.3, 0.4) is 0 Å². The molecule has 2 heterocycles. The van der Waals surface area contributed by atoms with Gasteiger partial charge in [0, 0.05) is 19.3 Å². The van der Waals surface area contributed by atoms with Gasteiger partial charge in [-0.2, -0.15) is 0 Å². The van der Waals surface area contributed by atoms with Gasteiger partial charge in [0.1, 0.15) is 5.82 Å². The van der Waals surface area contributed by atoms with Crippen LogP contribution in [0, 0.1) is 0 Å². The molecule has 3 nitrogen and oxygen atoms in total. The summed E-state index contributed by atoms with van der Waals surface area (Å²) >= 11 is 0. The van der Waals surface area contributed by atoms with Crippen molar-refractivity contribution in [1.29, 1.82) is 0 Å². The van der Waals surface area contributed by atoms with Crippen LogP contribution >= 0.6 is 0 Å². The van der Waals surface area contributed by atoms with Gasteiger partial charge in [0.15, 0.2) is 0 Å². The van der Waals surface area contributed by atoms with Gasteiger partial charge in [-0.1, -0.05) is 20.3 Å². The first-order valence-corrected chi connectivity index (χ1v) is 6.10. The predicted molar refractivity (Wildman–Crippen MR) is 61.8 cm³/mol. The fourth-order valence-corrected chi connectivity index (χ4v) is 2.10. The van der Waals surface area contributed by atoms with Crippen LogP contribution in [0.2, 0.25) is 0 Å². The smallest absolute Gasteiger partial charge is 0.123 e. The first-order chi connectivity index (χ1) is 7.33. The summed E-state index contributed by atoms with van der Waals surface area (Å²) in [6, 6.07) is 0. The van der Waals surface area contributed by atoms with Crippen LogP contribution in [-0.4, -0.2) is 27.5 Å². The highest BCUT2D eigenvalue weighted by molar-refractivity contribution is 5.05. The molecule has 2 rings (SSSR count). The van der Waals surface area contributed by atoms with E-state index in [9.17, 15) is 0 Å². The lowest BCUT2D eigenvalue weighted by Crippen LogP contribution is -2.34. The van der Waals surface area contributed by atoms with Gasteiger partial charge in [0.05, 0.1) is 12.2 Å². The van der Waals surface area contributed by atoms with Crippen molar-refractivity contribution in [2.75, 3.05) is 13.1 Å². The number of unbranched alkanes of at least 4 members (excludes halogenated alkanes) is 1. The minimum atomic E-state index is 1.04. The molecule has 0 unspecified atom stereocenters. The molecular formula is C12H21N3. The molecule has 0 bridgehead atoms. The summed E-state index contributed by atoms with van der Waals surface area (Å²) < 4.78 is 2.32. The number of nitrogens with zero attached hydrogens (tertiary/aromatic N) is 3. The summed E-state index contributed by atoms with van der Waals surface area (Å²) in [7, 11) is 0. The molecule has 0 amide bonds. The molecule has 1 aliphatic rings. The number of imidazole rings is 1. The van der Waals surface area contributed by atoms with Crippen molar-refractivity contribution < 1.29 is 0 Å². The summed E-state index contributed by atoms with van der Waals surface area (Å²) in [4.78, 5) is 7.17. The van der Waals surface area contributed by atoms with Gasteiger partial charge in [-0.3, -0.25) is 4.90 Å². The SMILES string of the molecule is CCCCN1CCn2cc(CC)nc2C1. The highest BCUT2D eigenvalue weighted by atomic mass is 15.2. The quantitative estimate of drug-likeness (QED) is 0.753. The van der Waals surface area contributed by atoms with Crippen molar-refractivity contribution in [2.24, 2.45) is 0 Å². The maximum absolute atomic E-state index is 4.65. The van der Waals surface area contributed by atoms with Gasteiger partial charge in [0.2, 0.25) is 0 Å². The molecule has 0 fully saturated rings. The zero-order chi connectivity index (χ0) is 10.7.